The summed E-state index contributed by atoms with van der Waals surface area (Å²) in [5.41, 5.74) is 0.936. The van der Waals surface area contributed by atoms with E-state index in [0.717, 1.165) is 16.6 Å². The molecule has 0 unspecified atom stereocenters. The van der Waals surface area contributed by atoms with Gasteiger partial charge in [0.25, 0.3) is 0 Å². The highest BCUT2D eigenvalue weighted by atomic mass is 32.1. The first-order valence-electron chi connectivity index (χ1n) is 6.16. The third-order valence-electron chi connectivity index (χ3n) is 2.65. The second kappa shape index (κ2) is 6.49. The van der Waals surface area contributed by atoms with E-state index in [1.54, 1.807) is 18.1 Å². The van der Waals surface area contributed by atoms with Crippen LogP contribution in [0.4, 0.5) is 5.13 Å². The van der Waals surface area contributed by atoms with E-state index in [1.165, 1.54) is 11.3 Å². The zero-order chi connectivity index (χ0) is 13.7. The van der Waals surface area contributed by atoms with Crippen LogP contribution in [0.15, 0.2) is 28.2 Å². The molecule has 2 aromatic rings. The van der Waals surface area contributed by atoms with Crippen LogP contribution in [-0.2, 0) is 17.9 Å². The molecule has 1 N–H and O–H groups in total. The van der Waals surface area contributed by atoms with Gasteiger partial charge in [0, 0.05) is 25.4 Å². The van der Waals surface area contributed by atoms with Crippen LogP contribution < -0.4 is 10.2 Å². The lowest BCUT2D eigenvalue weighted by atomic mass is 10.4. The largest absolute Gasteiger partial charge is 0.468 e. The Morgan fingerprint density at radius 1 is 1.53 bits per heavy atom. The molecule has 0 fully saturated rings. The molecule has 2 rings (SSSR count). The monoisotopic (exact) mass is 279 g/mol. The number of thiazole rings is 1. The summed E-state index contributed by atoms with van der Waals surface area (Å²) in [6.45, 7) is 5.47. The minimum atomic E-state index is 0.0203. The molecule has 2 heterocycles. The molecular formula is C13H17N3O2S. The van der Waals surface area contributed by atoms with E-state index in [2.05, 4.69) is 10.3 Å². The van der Waals surface area contributed by atoms with Crippen LogP contribution in [-0.4, -0.2) is 17.4 Å². The van der Waals surface area contributed by atoms with Gasteiger partial charge in [-0.05, 0) is 19.1 Å². The third-order valence-corrected chi connectivity index (χ3v) is 3.56. The maximum atomic E-state index is 11.4. The molecular weight excluding hydrogens is 262 g/mol. The van der Waals surface area contributed by atoms with Crippen LogP contribution in [0.1, 0.15) is 25.3 Å². The van der Waals surface area contributed by atoms with Crippen molar-refractivity contribution in [2.24, 2.45) is 0 Å². The lowest BCUT2D eigenvalue weighted by Gasteiger charge is -2.14. The number of rotatable bonds is 6. The van der Waals surface area contributed by atoms with Gasteiger partial charge >= 0.3 is 0 Å². The summed E-state index contributed by atoms with van der Waals surface area (Å²) in [6.07, 6.45) is 1.66. The van der Waals surface area contributed by atoms with Crippen LogP contribution in [0.3, 0.4) is 0 Å². The number of aromatic nitrogens is 1. The van der Waals surface area contributed by atoms with Gasteiger partial charge in [0.15, 0.2) is 5.13 Å². The first-order chi connectivity index (χ1) is 9.20. The molecule has 0 aliphatic carbocycles. The minimum Gasteiger partial charge on any atom is -0.468 e. The zero-order valence-electron chi connectivity index (χ0n) is 11.0. The molecule has 0 aromatic carbocycles. The molecule has 102 valence electrons. The van der Waals surface area contributed by atoms with Gasteiger partial charge in [-0.25, -0.2) is 4.98 Å². The molecule has 0 radical (unpaired) electrons. The van der Waals surface area contributed by atoms with Gasteiger partial charge in [0.1, 0.15) is 5.76 Å². The predicted octanol–water partition coefficient (Wildman–Crippen LogP) is 2.40. The van der Waals surface area contributed by atoms with Gasteiger partial charge in [0.2, 0.25) is 5.91 Å². The van der Waals surface area contributed by atoms with Crippen molar-refractivity contribution < 1.29 is 9.21 Å². The van der Waals surface area contributed by atoms with E-state index in [-0.39, 0.29) is 5.91 Å². The van der Waals surface area contributed by atoms with E-state index in [9.17, 15) is 4.79 Å². The number of hydrogen-bond donors (Lipinski definition) is 1. The van der Waals surface area contributed by atoms with E-state index < -0.39 is 0 Å². The Kier molecular flexibility index (Phi) is 4.70. The lowest BCUT2D eigenvalue weighted by Crippen LogP contribution is -2.27. The highest BCUT2D eigenvalue weighted by Gasteiger charge is 2.13. The van der Waals surface area contributed by atoms with Crippen LogP contribution in [0.5, 0.6) is 0 Å². The van der Waals surface area contributed by atoms with E-state index >= 15 is 0 Å². The highest BCUT2D eigenvalue weighted by molar-refractivity contribution is 7.14. The average molecular weight is 279 g/mol. The Morgan fingerprint density at radius 3 is 3.00 bits per heavy atom. The maximum absolute atomic E-state index is 11.4. The first kappa shape index (κ1) is 13.8. The highest BCUT2D eigenvalue weighted by Crippen LogP contribution is 2.20. The molecule has 0 spiro atoms. The molecule has 0 atom stereocenters. The number of carbonyl (C=O) groups excluding carboxylic acids is 1. The topological polar surface area (TPSA) is 58.4 Å². The van der Waals surface area contributed by atoms with Crippen molar-refractivity contribution in [1.82, 2.24) is 10.3 Å². The van der Waals surface area contributed by atoms with Gasteiger partial charge < -0.3 is 9.73 Å². The Hall–Kier alpha value is -1.66. The molecule has 1 amide bonds. The summed E-state index contributed by atoms with van der Waals surface area (Å²) in [6, 6.07) is 3.79. The molecule has 0 saturated heterocycles. The minimum absolute atomic E-state index is 0.0203. The van der Waals surface area contributed by atoms with Crippen molar-refractivity contribution in [1.29, 1.82) is 0 Å². The fraction of sp³-hybridized carbons (Fsp3) is 0.385. The summed E-state index contributed by atoms with van der Waals surface area (Å²) >= 11 is 1.49. The summed E-state index contributed by atoms with van der Waals surface area (Å²) in [5.74, 6) is 0.918. The molecule has 2 aromatic heterocycles. The summed E-state index contributed by atoms with van der Waals surface area (Å²) < 4.78 is 5.23. The zero-order valence-corrected chi connectivity index (χ0v) is 11.9. The van der Waals surface area contributed by atoms with Gasteiger partial charge in [0.05, 0.1) is 18.5 Å². The van der Waals surface area contributed by atoms with Gasteiger partial charge in [-0.15, -0.1) is 11.3 Å². The number of nitrogens with zero attached hydrogens (tertiary/aromatic N) is 2. The summed E-state index contributed by atoms with van der Waals surface area (Å²) in [7, 11) is 0. The molecule has 0 aliphatic rings. The number of furan rings is 1. The number of nitrogens with one attached hydrogen (secondary N) is 1. The molecule has 0 saturated carbocycles. The van der Waals surface area contributed by atoms with E-state index in [1.807, 2.05) is 24.4 Å². The second-order valence-electron chi connectivity index (χ2n) is 4.07. The molecule has 6 heteroatoms. The first-order valence-corrected chi connectivity index (χ1v) is 7.04. The number of carbonyl (C=O) groups is 1. The normalized spacial score (nSPS) is 10.6. The van der Waals surface area contributed by atoms with Crippen LogP contribution >= 0.6 is 11.3 Å². The van der Waals surface area contributed by atoms with Crippen molar-refractivity contribution in [2.75, 3.05) is 11.4 Å². The molecule has 0 aliphatic heterocycles. The van der Waals surface area contributed by atoms with E-state index in [0.29, 0.717) is 19.6 Å². The average Bonchev–Trinajstić information content (AvgIpc) is 3.02. The lowest BCUT2D eigenvalue weighted by molar-refractivity contribution is -0.116. The maximum Gasteiger partial charge on any atom is 0.225 e. The van der Waals surface area contributed by atoms with Crippen LogP contribution in [0.2, 0.25) is 0 Å². The number of anilines is 1. The van der Waals surface area contributed by atoms with Gasteiger partial charge in [-0.1, -0.05) is 0 Å². The predicted molar refractivity (Wildman–Crippen MR) is 75.1 cm³/mol. The van der Waals surface area contributed by atoms with Gasteiger partial charge in [-0.2, -0.15) is 0 Å². The molecule has 0 bridgehead atoms. The Morgan fingerprint density at radius 2 is 2.37 bits per heavy atom. The Bertz CT molecular complexity index is 522. The van der Waals surface area contributed by atoms with Crippen LogP contribution in [0.25, 0.3) is 0 Å². The SMILES string of the molecule is CCN(C(C)=O)c1nc(CNCc2ccco2)cs1. The van der Waals surface area contributed by atoms with Crippen molar-refractivity contribution >= 4 is 22.4 Å². The number of amides is 1. The van der Waals surface area contributed by atoms with Crippen molar-refractivity contribution in [3.05, 3.63) is 35.2 Å². The van der Waals surface area contributed by atoms with Crippen molar-refractivity contribution in [3.63, 3.8) is 0 Å². The Labute approximate surface area is 116 Å². The third kappa shape index (κ3) is 3.65. The quantitative estimate of drug-likeness (QED) is 0.882. The summed E-state index contributed by atoms with van der Waals surface area (Å²) in [4.78, 5) is 17.5. The molecule has 19 heavy (non-hydrogen) atoms. The standard InChI is InChI=1S/C13H17N3O2S/c1-3-16(10(2)17)13-15-11(9-19-13)7-14-8-12-5-4-6-18-12/h4-6,9,14H,3,7-8H2,1-2H3. The van der Waals surface area contributed by atoms with Crippen molar-refractivity contribution in [2.45, 2.75) is 26.9 Å². The van der Waals surface area contributed by atoms with Crippen LogP contribution in [0, 0.1) is 0 Å². The Balaban J connectivity index is 1.88. The van der Waals surface area contributed by atoms with E-state index in [4.69, 9.17) is 4.42 Å². The molecule has 5 nitrogen and oxygen atoms in total. The summed E-state index contributed by atoms with van der Waals surface area (Å²) in [5, 5.41) is 5.97. The smallest absolute Gasteiger partial charge is 0.225 e. The number of hydrogen-bond acceptors (Lipinski definition) is 5. The fourth-order valence-corrected chi connectivity index (χ4v) is 2.65. The van der Waals surface area contributed by atoms with Gasteiger partial charge in [-0.3, -0.25) is 9.69 Å². The fourth-order valence-electron chi connectivity index (χ4n) is 1.72. The second-order valence-corrected chi connectivity index (χ2v) is 4.90. The van der Waals surface area contributed by atoms with Crippen molar-refractivity contribution in [3.8, 4) is 0 Å².